The van der Waals surface area contributed by atoms with E-state index in [9.17, 15) is 0 Å². The third-order valence-electron chi connectivity index (χ3n) is 6.43. The minimum atomic E-state index is 0.548. The molecule has 4 fully saturated rings. The molecule has 1 aromatic heterocycles. The number of aromatic nitrogens is 2. The first-order valence-corrected chi connectivity index (χ1v) is 10.7. The number of benzene rings is 1. The summed E-state index contributed by atoms with van der Waals surface area (Å²) in [6.45, 7) is 5.66. The molecule has 1 saturated carbocycles. The molecule has 4 heterocycles. The number of hydrogen-bond acceptors (Lipinski definition) is 5. The van der Waals surface area contributed by atoms with Crippen molar-refractivity contribution in [3.8, 4) is 0 Å². The Morgan fingerprint density at radius 2 is 1.85 bits per heavy atom. The molecular formula is C22H30N4O. The van der Waals surface area contributed by atoms with Crippen molar-refractivity contribution in [2.24, 2.45) is 5.92 Å². The van der Waals surface area contributed by atoms with Gasteiger partial charge >= 0.3 is 0 Å². The van der Waals surface area contributed by atoms with E-state index < -0.39 is 0 Å². The molecule has 5 heteroatoms. The number of fused-ring (bicyclic) bond motifs is 4. The first-order valence-electron chi connectivity index (χ1n) is 10.7. The number of nitrogens with zero attached hydrogens (tertiary/aromatic N) is 4. The van der Waals surface area contributed by atoms with Gasteiger partial charge in [-0.3, -0.25) is 4.90 Å². The van der Waals surface area contributed by atoms with Crippen LogP contribution in [-0.4, -0.2) is 52.2 Å². The highest BCUT2D eigenvalue weighted by Gasteiger charge is 2.36. The van der Waals surface area contributed by atoms with E-state index >= 15 is 0 Å². The second kappa shape index (κ2) is 7.72. The number of hydrogen-bond donors (Lipinski definition) is 0. The van der Waals surface area contributed by atoms with Gasteiger partial charge < -0.3 is 9.32 Å². The highest BCUT2D eigenvalue weighted by atomic mass is 16.4. The van der Waals surface area contributed by atoms with E-state index in [-0.39, 0.29) is 0 Å². The molecular weight excluding hydrogens is 336 g/mol. The van der Waals surface area contributed by atoms with Crippen molar-refractivity contribution < 1.29 is 4.42 Å². The molecule has 0 unspecified atom stereocenters. The lowest BCUT2D eigenvalue weighted by Gasteiger charge is -2.35. The lowest BCUT2D eigenvalue weighted by atomic mass is 9.95. The van der Waals surface area contributed by atoms with E-state index in [0.29, 0.717) is 12.0 Å². The standard InChI is InChI=1S/C22H30N4O/c1-2-5-17(6-3-1)7-4-12-25-13-18-8-11-20(15-25)26(14-18)16-21-23-24-22(27-21)19-9-10-19/h1-3,5-6,18-20H,4,7-16H2/t18-,20+/m1/s1. The van der Waals surface area contributed by atoms with Crippen LogP contribution in [0.15, 0.2) is 34.7 Å². The van der Waals surface area contributed by atoms with Gasteiger partial charge in [0.1, 0.15) is 0 Å². The molecule has 6 rings (SSSR count). The van der Waals surface area contributed by atoms with Crippen LogP contribution in [0.1, 0.15) is 55.4 Å². The second-order valence-electron chi connectivity index (χ2n) is 8.68. The quantitative estimate of drug-likeness (QED) is 0.751. The van der Waals surface area contributed by atoms with Crippen LogP contribution in [0, 0.1) is 5.92 Å². The molecule has 4 aliphatic rings. The van der Waals surface area contributed by atoms with Gasteiger partial charge in [0.05, 0.1) is 6.54 Å². The maximum atomic E-state index is 5.92. The summed E-state index contributed by atoms with van der Waals surface area (Å²) >= 11 is 0. The minimum absolute atomic E-state index is 0.548. The molecule has 5 nitrogen and oxygen atoms in total. The normalized spacial score (nSPS) is 26.4. The Bertz CT molecular complexity index is 742. The molecule has 0 N–H and O–H groups in total. The molecule has 2 atom stereocenters. The SMILES string of the molecule is c1ccc(CCCN2C[C@H]3CC[C@@H](C2)N(Cc2nnc(C4CC4)o2)C3)cc1. The van der Waals surface area contributed by atoms with Gasteiger partial charge in [-0.05, 0) is 56.6 Å². The molecule has 2 bridgehead atoms. The monoisotopic (exact) mass is 366 g/mol. The van der Waals surface area contributed by atoms with E-state index in [4.69, 9.17) is 4.42 Å². The van der Waals surface area contributed by atoms with Crippen molar-refractivity contribution in [2.45, 2.75) is 57.0 Å². The van der Waals surface area contributed by atoms with Crippen molar-refractivity contribution in [1.82, 2.24) is 20.0 Å². The Kier molecular flexibility index (Phi) is 4.97. The van der Waals surface area contributed by atoms with Gasteiger partial charge in [0, 0.05) is 31.6 Å². The first-order chi connectivity index (χ1) is 13.3. The molecule has 1 aliphatic carbocycles. The van der Waals surface area contributed by atoms with E-state index in [2.05, 4.69) is 50.3 Å². The Balaban J connectivity index is 1.16. The average Bonchev–Trinajstić information content (AvgIpc) is 3.48. The van der Waals surface area contributed by atoms with Crippen LogP contribution in [0.5, 0.6) is 0 Å². The Labute approximate surface area is 161 Å². The van der Waals surface area contributed by atoms with Gasteiger partial charge in [-0.25, -0.2) is 0 Å². The minimum Gasteiger partial charge on any atom is -0.424 e. The van der Waals surface area contributed by atoms with Crippen LogP contribution in [0.4, 0.5) is 0 Å². The van der Waals surface area contributed by atoms with Gasteiger partial charge in [-0.1, -0.05) is 30.3 Å². The molecule has 144 valence electrons. The third kappa shape index (κ3) is 4.25. The van der Waals surface area contributed by atoms with Crippen molar-refractivity contribution in [3.05, 3.63) is 47.7 Å². The smallest absolute Gasteiger partial charge is 0.230 e. The molecule has 0 radical (unpaired) electrons. The first kappa shape index (κ1) is 17.4. The zero-order valence-corrected chi connectivity index (χ0v) is 16.1. The summed E-state index contributed by atoms with van der Waals surface area (Å²) in [6.07, 6.45) is 7.54. The summed E-state index contributed by atoms with van der Waals surface area (Å²) in [5.41, 5.74) is 1.46. The summed E-state index contributed by atoms with van der Waals surface area (Å²) in [6, 6.07) is 11.5. The van der Waals surface area contributed by atoms with Crippen LogP contribution < -0.4 is 0 Å². The highest BCUT2D eigenvalue weighted by Crippen LogP contribution is 2.39. The molecule has 2 aromatic rings. The molecule has 0 amide bonds. The third-order valence-corrected chi connectivity index (χ3v) is 6.43. The Morgan fingerprint density at radius 3 is 2.70 bits per heavy atom. The zero-order chi connectivity index (χ0) is 18.1. The van der Waals surface area contributed by atoms with Crippen LogP contribution in [-0.2, 0) is 13.0 Å². The summed E-state index contributed by atoms with van der Waals surface area (Å²) in [5.74, 6) is 3.02. The molecule has 1 aromatic carbocycles. The van der Waals surface area contributed by atoms with Crippen molar-refractivity contribution >= 4 is 0 Å². The maximum Gasteiger partial charge on any atom is 0.230 e. The highest BCUT2D eigenvalue weighted by molar-refractivity contribution is 5.14. The number of piperidine rings is 1. The zero-order valence-electron chi connectivity index (χ0n) is 16.1. The molecule has 3 saturated heterocycles. The van der Waals surface area contributed by atoms with Crippen LogP contribution >= 0.6 is 0 Å². The topological polar surface area (TPSA) is 45.4 Å². The van der Waals surface area contributed by atoms with Gasteiger partial charge in [0.25, 0.3) is 0 Å². The summed E-state index contributed by atoms with van der Waals surface area (Å²) in [7, 11) is 0. The predicted molar refractivity (Wildman–Crippen MR) is 104 cm³/mol. The Hall–Kier alpha value is -1.72. The van der Waals surface area contributed by atoms with Crippen LogP contribution in [0.2, 0.25) is 0 Å². The van der Waals surface area contributed by atoms with E-state index in [1.54, 1.807) is 0 Å². The fourth-order valence-electron chi connectivity index (χ4n) is 4.80. The van der Waals surface area contributed by atoms with Gasteiger partial charge in [-0.15, -0.1) is 10.2 Å². The number of rotatable bonds is 7. The van der Waals surface area contributed by atoms with E-state index in [1.807, 2.05) is 0 Å². The molecule has 0 spiro atoms. The summed E-state index contributed by atoms with van der Waals surface area (Å²) in [4.78, 5) is 5.31. The predicted octanol–water partition coefficient (Wildman–Crippen LogP) is 3.48. The largest absolute Gasteiger partial charge is 0.424 e. The second-order valence-corrected chi connectivity index (χ2v) is 8.68. The fourth-order valence-corrected chi connectivity index (χ4v) is 4.80. The maximum absolute atomic E-state index is 5.92. The molecule has 27 heavy (non-hydrogen) atoms. The average molecular weight is 367 g/mol. The van der Waals surface area contributed by atoms with Gasteiger partial charge in [-0.2, -0.15) is 0 Å². The van der Waals surface area contributed by atoms with Crippen molar-refractivity contribution in [2.75, 3.05) is 26.2 Å². The van der Waals surface area contributed by atoms with Crippen LogP contribution in [0.25, 0.3) is 0 Å². The van der Waals surface area contributed by atoms with Gasteiger partial charge in [0.15, 0.2) is 0 Å². The fraction of sp³-hybridized carbons (Fsp3) is 0.636. The number of aryl methyl sites for hydroxylation is 1. The Morgan fingerprint density at radius 1 is 0.963 bits per heavy atom. The van der Waals surface area contributed by atoms with E-state index in [0.717, 1.165) is 24.2 Å². The van der Waals surface area contributed by atoms with Crippen molar-refractivity contribution in [1.29, 1.82) is 0 Å². The molecule has 3 aliphatic heterocycles. The summed E-state index contributed by atoms with van der Waals surface area (Å²) in [5, 5.41) is 8.58. The van der Waals surface area contributed by atoms with Crippen LogP contribution in [0.3, 0.4) is 0 Å². The lowest BCUT2D eigenvalue weighted by Crippen LogP contribution is -2.43. The lowest BCUT2D eigenvalue weighted by molar-refractivity contribution is 0.112. The summed E-state index contributed by atoms with van der Waals surface area (Å²) < 4.78 is 5.92. The van der Waals surface area contributed by atoms with Crippen molar-refractivity contribution in [3.63, 3.8) is 0 Å². The van der Waals surface area contributed by atoms with E-state index in [1.165, 1.54) is 70.3 Å². The van der Waals surface area contributed by atoms with Gasteiger partial charge in [0.2, 0.25) is 11.8 Å².